The highest BCUT2D eigenvalue weighted by molar-refractivity contribution is 7.89. The highest BCUT2D eigenvalue weighted by Gasteiger charge is 2.30. The molecule has 1 aromatic heterocycles. The zero-order valence-corrected chi connectivity index (χ0v) is 18.1. The summed E-state index contributed by atoms with van der Waals surface area (Å²) in [5.74, 6) is 1.52. The van der Waals surface area contributed by atoms with Crippen molar-refractivity contribution < 1.29 is 17.7 Å². The molecule has 1 aliphatic rings. The zero-order chi connectivity index (χ0) is 21.1. The molecule has 0 bridgehead atoms. The Morgan fingerprint density at radius 3 is 2.43 bits per heavy atom. The van der Waals surface area contributed by atoms with Crippen LogP contribution in [0.2, 0.25) is 5.02 Å². The van der Waals surface area contributed by atoms with Crippen molar-refractivity contribution in [3.63, 3.8) is 0 Å². The van der Waals surface area contributed by atoms with Crippen LogP contribution in [0.1, 0.15) is 5.76 Å². The molecule has 2 aromatic carbocycles. The van der Waals surface area contributed by atoms with Crippen molar-refractivity contribution in [2.45, 2.75) is 11.4 Å². The van der Waals surface area contributed by atoms with Gasteiger partial charge in [0.25, 0.3) is 0 Å². The standard InChI is InChI=1S/C21H22ClN3O4S/c1-28-17-8-6-16(7-9-17)20-14-18(29-23-20)15-24-10-12-25(13-11-24)30(26,27)21-5-3-2-4-19(21)22/h2-9,14H,10-13,15H2,1H3. The molecule has 30 heavy (non-hydrogen) atoms. The maximum absolute atomic E-state index is 12.9. The van der Waals surface area contributed by atoms with Gasteiger partial charge in [-0.2, -0.15) is 4.31 Å². The summed E-state index contributed by atoms with van der Waals surface area (Å²) >= 11 is 6.09. The van der Waals surface area contributed by atoms with E-state index in [4.69, 9.17) is 20.9 Å². The minimum absolute atomic E-state index is 0.152. The molecular formula is C21H22ClN3O4S. The first-order valence-electron chi connectivity index (χ1n) is 9.54. The van der Waals surface area contributed by atoms with E-state index in [1.165, 1.54) is 4.31 Å². The lowest BCUT2D eigenvalue weighted by Gasteiger charge is -2.33. The van der Waals surface area contributed by atoms with Gasteiger partial charge in [-0.1, -0.05) is 28.9 Å². The minimum atomic E-state index is -3.60. The summed E-state index contributed by atoms with van der Waals surface area (Å²) in [5.41, 5.74) is 1.70. The average Bonchev–Trinajstić information content (AvgIpc) is 3.23. The number of methoxy groups -OCH3 is 1. The minimum Gasteiger partial charge on any atom is -0.497 e. The predicted molar refractivity (Wildman–Crippen MR) is 114 cm³/mol. The Kier molecular flexibility index (Phi) is 6.10. The molecule has 7 nitrogen and oxygen atoms in total. The highest BCUT2D eigenvalue weighted by atomic mass is 35.5. The van der Waals surface area contributed by atoms with Crippen molar-refractivity contribution in [2.75, 3.05) is 33.3 Å². The number of hydrogen-bond acceptors (Lipinski definition) is 6. The van der Waals surface area contributed by atoms with E-state index in [-0.39, 0.29) is 9.92 Å². The molecule has 0 amide bonds. The number of ether oxygens (including phenoxy) is 1. The molecule has 1 aliphatic heterocycles. The Balaban J connectivity index is 1.37. The van der Waals surface area contributed by atoms with Crippen molar-refractivity contribution in [3.8, 4) is 17.0 Å². The summed E-state index contributed by atoms with van der Waals surface area (Å²) in [4.78, 5) is 2.30. The van der Waals surface area contributed by atoms with Gasteiger partial charge in [-0.3, -0.25) is 4.90 Å². The number of nitrogens with zero attached hydrogens (tertiary/aromatic N) is 3. The molecule has 0 spiro atoms. The second kappa shape index (κ2) is 8.77. The third-order valence-corrected chi connectivity index (χ3v) is 7.51. The van der Waals surface area contributed by atoms with Crippen LogP contribution in [0.4, 0.5) is 0 Å². The molecule has 2 heterocycles. The predicted octanol–water partition coefficient (Wildman–Crippen LogP) is 3.51. The van der Waals surface area contributed by atoms with Crippen LogP contribution in [-0.2, 0) is 16.6 Å². The molecule has 158 valence electrons. The zero-order valence-electron chi connectivity index (χ0n) is 16.5. The Labute approximate surface area is 180 Å². The van der Waals surface area contributed by atoms with E-state index in [1.807, 2.05) is 30.3 Å². The van der Waals surface area contributed by atoms with Crippen molar-refractivity contribution in [1.29, 1.82) is 0 Å². The fourth-order valence-corrected chi connectivity index (χ4v) is 5.34. The van der Waals surface area contributed by atoms with Crippen LogP contribution in [0.5, 0.6) is 5.75 Å². The van der Waals surface area contributed by atoms with Gasteiger partial charge in [0.05, 0.1) is 18.7 Å². The van der Waals surface area contributed by atoms with E-state index in [0.717, 1.165) is 22.8 Å². The van der Waals surface area contributed by atoms with Gasteiger partial charge in [0, 0.05) is 37.8 Å². The van der Waals surface area contributed by atoms with Gasteiger partial charge in [-0.25, -0.2) is 8.42 Å². The third-order valence-electron chi connectivity index (χ3n) is 5.11. The first-order valence-corrected chi connectivity index (χ1v) is 11.4. The number of halogens is 1. The smallest absolute Gasteiger partial charge is 0.244 e. The SMILES string of the molecule is COc1ccc(-c2cc(CN3CCN(S(=O)(=O)c4ccccc4Cl)CC3)on2)cc1. The first-order chi connectivity index (χ1) is 14.5. The summed E-state index contributed by atoms with van der Waals surface area (Å²) in [5, 5.41) is 4.39. The molecule has 1 saturated heterocycles. The normalized spacial score (nSPS) is 15.9. The largest absolute Gasteiger partial charge is 0.497 e. The van der Waals surface area contributed by atoms with Crippen LogP contribution in [0, 0.1) is 0 Å². The number of piperazine rings is 1. The fourth-order valence-electron chi connectivity index (χ4n) is 3.43. The number of benzene rings is 2. The molecule has 0 radical (unpaired) electrons. The highest BCUT2D eigenvalue weighted by Crippen LogP contribution is 2.26. The Bertz CT molecular complexity index is 1110. The molecule has 0 unspecified atom stereocenters. The number of aromatic nitrogens is 1. The van der Waals surface area contributed by atoms with Gasteiger partial charge in [0.15, 0.2) is 5.76 Å². The van der Waals surface area contributed by atoms with Crippen molar-refractivity contribution >= 4 is 21.6 Å². The van der Waals surface area contributed by atoms with Gasteiger partial charge in [0.2, 0.25) is 10.0 Å². The number of hydrogen-bond donors (Lipinski definition) is 0. The third kappa shape index (κ3) is 4.37. The van der Waals surface area contributed by atoms with Crippen molar-refractivity contribution in [2.24, 2.45) is 0 Å². The molecule has 4 rings (SSSR count). The van der Waals surface area contributed by atoms with Crippen molar-refractivity contribution in [3.05, 3.63) is 65.4 Å². The van der Waals surface area contributed by atoms with Gasteiger partial charge in [-0.05, 0) is 36.4 Å². The first kappa shape index (κ1) is 20.9. The Morgan fingerprint density at radius 1 is 1.07 bits per heavy atom. The summed E-state index contributed by atoms with van der Waals surface area (Å²) < 4.78 is 37.9. The second-order valence-corrected chi connectivity index (χ2v) is 9.33. The lowest BCUT2D eigenvalue weighted by molar-refractivity contribution is 0.166. The van der Waals surface area contributed by atoms with E-state index in [1.54, 1.807) is 31.4 Å². The maximum Gasteiger partial charge on any atom is 0.244 e. The molecular weight excluding hydrogens is 426 g/mol. The number of rotatable bonds is 6. The Morgan fingerprint density at radius 2 is 1.77 bits per heavy atom. The van der Waals surface area contributed by atoms with Crippen LogP contribution in [0.15, 0.2) is 64.0 Å². The van der Waals surface area contributed by atoms with Crippen molar-refractivity contribution in [1.82, 2.24) is 14.4 Å². The van der Waals surface area contributed by atoms with Crippen LogP contribution >= 0.6 is 11.6 Å². The van der Waals surface area contributed by atoms with Gasteiger partial charge < -0.3 is 9.26 Å². The summed E-state index contributed by atoms with van der Waals surface area (Å²) in [6.07, 6.45) is 0. The lowest BCUT2D eigenvalue weighted by atomic mass is 10.1. The molecule has 0 saturated carbocycles. The quantitative estimate of drug-likeness (QED) is 0.575. The van der Waals surface area contributed by atoms with Crippen LogP contribution in [0.3, 0.4) is 0 Å². The molecule has 0 N–H and O–H groups in total. The van der Waals surface area contributed by atoms with Gasteiger partial charge in [0.1, 0.15) is 16.3 Å². The second-order valence-electron chi connectivity index (χ2n) is 7.02. The topological polar surface area (TPSA) is 75.9 Å². The van der Waals surface area contributed by atoms with E-state index >= 15 is 0 Å². The van der Waals surface area contributed by atoms with Crippen LogP contribution in [0.25, 0.3) is 11.3 Å². The van der Waals surface area contributed by atoms with E-state index < -0.39 is 10.0 Å². The molecule has 3 aromatic rings. The fraction of sp³-hybridized carbons (Fsp3) is 0.286. The molecule has 0 atom stereocenters. The van der Waals surface area contributed by atoms with Crippen LogP contribution in [-0.4, -0.2) is 56.1 Å². The molecule has 1 fully saturated rings. The molecule has 9 heteroatoms. The molecule has 0 aliphatic carbocycles. The average molecular weight is 448 g/mol. The Hall–Kier alpha value is -2.39. The van der Waals surface area contributed by atoms with Gasteiger partial charge in [-0.15, -0.1) is 0 Å². The summed E-state index contributed by atoms with van der Waals surface area (Å²) in [6.45, 7) is 2.56. The maximum atomic E-state index is 12.9. The summed E-state index contributed by atoms with van der Waals surface area (Å²) in [7, 11) is -1.97. The van der Waals surface area contributed by atoms with Gasteiger partial charge >= 0.3 is 0 Å². The van der Waals surface area contributed by atoms with E-state index in [0.29, 0.717) is 32.7 Å². The lowest BCUT2D eigenvalue weighted by Crippen LogP contribution is -2.48. The van der Waals surface area contributed by atoms with Crippen LogP contribution < -0.4 is 4.74 Å². The monoisotopic (exact) mass is 447 g/mol. The summed E-state index contributed by atoms with van der Waals surface area (Å²) in [6, 6.07) is 16.1. The number of sulfonamides is 1. The van der Waals surface area contributed by atoms with E-state index in [9.17, 15) is 8.42 Å². The van der Waals surface area contributed by atoms with E-state index in [2.05, 4.69) is 10.1 Å².